The summed E-state index contributed by atoms with van der Waals surface area (Å²) in [7, 11) is 0. The number of carbonyl (C=O) groups excluding carboxylic acids is 2. The van der Waals surface area contributed by atoms with Crippen molar-refractivity contribution >= 4 is 23.2 Å². The van der Waals surface area contributed by atoms with Gasteiger partial charge in [-0.15, -0.1) is 0 Å². The molecule has 1 fully saturated rings. The molecule has 1 saturated carbocycles. The van der Waals surface area contributed by atoms with Crippen LogP contribution in [-0.2, 0) is 9.59 Å². The van der Waals surface area contributed by atoms with Gasteiger partial charge < -0.3 is 15.5 Å². The van der Waals surface area contributed by atoms with Gasteiger partial charge in [0, 0.05) is 43.3 Å². The lowest BCUT2D eigenvalue weighted by molar-refractivity contribution is -0.117. The molecule has 1 heterocycles. The van der Waals surface area contributed by atoms with Crippen molar-refractivity contribution in [2.45, 2.75) is 83.8 Å². The summed E-state index contributed by atoms with van der Waals surface area (Å²) in [6, 6.07) is 15.3. The Balaban J connectivity index is 1.70. The van der Waals surface area contributed by atoms with E-state index in [4.69, 9.17) is 0 Å². The fourth-order valence-electron chi connectivity index (χ4n) is 5.39. The largest absolute Gasteiger partial charge is 0.326 e. The molecule has 0 spiro atoms. The summed E-state index contributed by atoms with van der Waals surface area (Å²) in [4.78, 5) is 25.9. The van der Waals surface area contributed by atoms with E-state index in [-0.39, 0.29) is 23.9 Å². The van der Waals surface area contributed by atoms with Gasteiger partial charge in [0.15, 0.2) is 0 Å². The number of amides is 2. The van der Waals surface area contributed by atoms with Gasteiger partial charge in [0.25, 0.3) is 0 Å². The smallest absolute Gasteiger partial charge is 0.224 e. The molecule has 170 valence electrons. The Bertz CT molecular complexity index is 979. The van der Waals surface area contributed by atoms with E-state index in [1.54, 1.807) is 6.92 Å². The van der Waals surface area contributed by atoms with Crippen molar-refractivity contribution in [2.75, 3.05) is 10.2 Å². The lowest BCUT2D eigenvalue weighted by atomic mass is 9.88. The van der Waals surface area contributed by atoms with Crippen molar-refractivity contribution in [1.82, 2.24) is 5.32 Å². The van der Waals surface area contributed by atoms with Crippen molar-refractivity contribution in [3.8, 4) is 11.1 Å². The minimum Gasteiger partial charge on any atom is -0.326 e. The van der Waals surface area contributed by atoms with Crippen molar-refractivity contribution in [3.05, 3.63) is 48.0 Å². The van der Waals surface area contributed by atoms with Gasteiger partial charge in [-0.3, -0.25) is 9.59 Å². The second-order valence-corrected chi connectivity index (χ2v) is 9.42. The molecule has 32 heavy (non-hydrogen) atoms. The Morgan fingerprint density at radius 3 is 2.34 bits per heavy atom. The molecule has 1 aliphatic heterocycles. The molecule has 0 aromatic heterocycles. The van der Waals surface area contributed by atoms with E-state index in [0.717, 1.165) is 28.9 Å². The number of nitrogens with one attached hydrogen (secondary N) is 2. The van der Waals surface area contributed by atoms with Crippen LogP contribution >= 0.6 is 0 Å². The van der Waals surface area contributed by atoms with Crippen LogP contribution in [0.1, 0.15) is 77.3 Å². The van der Waals surface area contributed by atoms with Gasteiger partial charge >= 0.3 is 0 Å². The zero-order chi connectivity index (χ0) is 22.7. The van der Waals surface area contributed by atoms with Gasteiger partial charge in [0.05, 0.1) is 0 Å². The van der Waals surface area contributed by atoms with Crippen LogP contribution in [0, 0.1) is 0 Å². The summed E-state index contributed by atoms with van der Waals surface area (Å²) < 4.78 is 0. The van der Waals surface area contributed by atoms with Crippen LogP contribution in [0.4, 0.5) is 11.4 Å². The average molecular weight is 434 g/mol. The SMILES string of the molecule is CC(=O)Nc1cccc(-c2ccc3c(c2)[C@H](NC2CCCCCC2)C[C@H](C)N3C(C)=O)c1. The van der Waals surface area contributed by atoms with Crippen molar-refractivity contribution in [3.63, 3.8) is 0 Å². The number of hydrogen-bond acceptors (Lipinski definition) is 3. The number of carbonyl (C=O) groups is 2. The zero-order valence-electron chi connectivity index (χ0n) is 19.5. The summed E-state index contributed by atoms with van der Waals surface area (Å²) >= 11 is 0. The van der Waals surface area contributed by atoms with Gasteiger partial charge in [-0.1, -0.05) is 43.9 Å². The predicted molar refractivity (Wildman–Crippen MR) is 131 cm³/mol. The predicted octanol–water partition coefficient (Wildman–Crippen LogP) is 5.81. The van der Waals surface area contributed by atoms with Crippen LogP contribution < -0.4 is 15.5 Å². The maximum atomic E-state index is 12.5. The third-order valence-corrected chi connectivity index (χ3v) is 6.83. The average Bonchev–Trinajstić information content (AvgIpc) is 3.01. The number of benzene rings is 2. The van der Waals surface area contributed by atoms with E-state index in [1.165, 1.54) is 51.0 Å². The van der Waals surface area contributed by atoms with Crippen LogP contribution in [0.2, 0.25) is 0 Å². The lowest BCUT2D eigenvalue weighted by Crippen LogP contribution is -2.46. The highest BCUT2D eigenvalue weighted by atomic mass is 16.2. The molecule has 0 unspecified atom stereocenters. The molecule has 2 aliphatic rings. The monoisotopic (exact) mass is 433 g/mol. The molecule has 5 nitrogen and oxygen atoms in total. The molecule has 0 saturated heterocycles. The van der Waals surface area contributed by atoms with Gasteiger partial charge in [0.2, 0.25) is 11.8 Å². The molecule has 1 aliphatic carbocycles. The third-order valence-electron chi connectivity index (χ3n) is 6.83. The normalized spacial score (nSPS) is 21.5. The van der Waals surface area contributed by atoms with Gasteiger partial charge in [-0.25, -0.2) is 0 Å². The second kappa shape index (κ2) is 9.86. The molecule has 0 radical (unpaired) electrons. The van der Waals surface area contributed by atoms with E-state index >= 15 is 0 Å². The first-order valence-corrected chi connectivity index (χ1v) is 12.0. The van der Waals surface area contributed by atoms with Gasteiger partial charge in [-0.2, -0.15) is 0 Å². The van der Waals surface area contributed by atoms with E-state index < -0.39 is 0 Å². The third kappa shape index (κ3) is 5.04. The summed E-state index contributed by atoms with van der Waals surface area (Å²) in [5.74, 6) is 0.0124. The van der Waals surface area contributed by atoms with Crippen LogP contribution in [0.25, 0.3) is 11.1 Å². The van der Waals surface area contributed by atoms with Crippen LogP contribution in [-0.4, -0.2) is 23.9 Å². The summed E-state index contributed by atoms with van der Waals surface area (Å²) in [6.45, 7) is 5.33. The summed E-state index contributed by atoms with van der Waals surface area (Å²) in [5, 5.41) is 6.83. The minimum absolute atomic E-state index is 0.0775. The van der Waals surface area contributed by atoms with Gasteiger partial charge in [0.1, 0.15) is 0 Å². The van der Waals surface area contributed by atoms with E-state index in [1.807, 2.05) is 23.1 Å². The number of nitrogens with zero attached hydrogens (tertiary/aromatic N) is 1. The van der Waals surface area contributed by atoms with E-state index in [9.17, 15) is 9.59 Å². The van der Waals surface area contributed by atoms with Crippen LogP contribution in [0.5, 0.6) is 0 Å². The fourth-order valence-corrected chi connectivity index (χ4v) is 5.39. The maximum absolute atomic E-state index is 12.5. The Morgan fingerprint density at radius 1 is 0.938 bits per heavy atom. The quantitative estimate of drug-likeness (QED) is 0.598. The highest BCUT2D eigenvalue weighted by Crippen LogP contribution is 2.40. The highest BCUT2D eigenvalue weighted by molar-refractivity contribution is 5.94. The highest BCUT2D eigenvalue weighted by Gasteiger charge is 2.33. The topological polar surface area (TPSA) is 61.4 Å². The number of hydrogen-bond donors (Lipinski definition) is 2. The Labute approximate surface area is 191 Å². The first-order chi connectivity index (χ1) is 15.4. The summed E-state index contributed by atoms with van der Waals surface area (Å²) in [6.07, 6.45) is 8.64. The standard InChI is InChI=1S/C27H35N3O2/c1-18-15-26(29-23-10-6-4-5-7-11-23)25-17-22(13-14-27(25)30(18)20(3)32)21-9-8-12-24(16-21)28-19(2)31/h8-9,12-14,16-18,23,26,29H,4-7,10-11,15H2,1-3H3,(H,28,31)/t18-,26+/m0/s1. The zero-order valence-corrected chi connectivity index (χ0v) is 19.5. The number of anilines is 2. The first-order valence-electron chi connectivity index (χ1n) is 12.0. The first kappa shape index (κ1) is 22.5. The van der Waals surface area contributed by atoms with Crippen molar-refractivity contribution in [2.24, 2.45) is 0 Å². The number of fused-ring (bicyclic) bond motifs is 1. The molecule has 2 aromatic rings. The molecular formula is C27H35N3O2. The Morgan fingerprint density at radius 2 is 1.66 bits per heavy atom. The van der Waals surface area contributed by atoms with Crippen molar-refractivity contribution in [1.29, 1.82) is 0 Å². The lowest BCUT2D eigenvalue weighted by Gasteiger charge is -2.40. The molecule has 2 N–H and O–H groups in total. The number of rotatable bonds is 4. The van der Waals surface area contributed by atoms with Crippen LogP contribution in [0.15, 0.2) is 42.5 Å². The Kier molecular flexibility index (Phi) is 6.95. The minimum atomic E-state index is -0.0775. The molecule has 4 rings (SSSR count). The van der Waals surface area contributed by atoms with Crippen LogP contribution in [0.3, 0.4) is 0 Å². The molecule has 5 heteroatoms. The maximum Gasteiger partial charge on any atom is 0.224 e. The van der Waals surface area contributed by atoms with E-state index in [2.05, 4.69) is 41.8 Å². The van der Waals surface area contributed by atoms with Crippen molar-refractivity contribution < 1.29 is 9.59 Å². The van der Waals surface area contributed by atoms with E-state index in [0.29, 0.717) is 6.04 Å². The second-order valence-electron chi connectivity index (χ2n) is 9.42. The molecule has 2 atom stereocenters. The Hall–Kier alpha value is -2.66. The molecular weight excluding hydrogens is 398 g/mol. The van der Waals surface area contributed by atoms with Gasteiger partial charge in [-0.05, 0) is 67.1 Å². The molecule has 2 amide bonds. The summed E-state index contributed by atoms with van der Waals surface area (Å²) in [5.41, 5.74) is 5.16. The molecule has 0 bridgehead atoms. The fraction of sp³-hybridized carbons (Fsp3) is 0.481. The molecule has 2 aromatic carbocycles.